The van der Waals surface area contributed by atoms with Gasteiger partial charge in [-0.1, -0.05) is 66.7 Å². The number of nitrogens with one attached hydrogen (secondary N) is 3. The van der Waals surface area contributed by atoms with Crippen LogP contribution in [0.1, 0.15) is 37.8 Å². The molecule has 0 radical (unpaired) electrons. The van der Waals surface area contributed by atoms with Crippen LogP contribution < -0.4 is 21.7 Å². The minimum absolute atomic E-state index is 0.0497. The first-order chi connectivity index (χ1) is 20.1. The lowest BCUT2D eigenvalue weighted by atomic mass is 10.0. The molecule has 0 spiro atoms. The van der Waals surface area contributed by atoms with Crippen LogP contribution in [-0.2, 0) is 41.7 Å². The van der Waals surface area contributed by atoms with Gasteiger partial charge < -0.3 is 36.3 Å². The lowest BCUT2D eigenvalue weighted by Crippen LogP contribution is -2.58. The molecule has 0 unspecified atom stereocenters. The molecular formula is C30H38N4O8. The zero-order chi connectivity index (χ0) is 30.9. The molecule has 0 bridgehead atoms. The van der Waals surface area contributed by atoms with Gasteiger partial charge in [0.2, 0.25) is 17.7 Å². The Morgan fingerprint density at radius 1 is 0.881 bits per heavy atom. The Hall–Kier alpha value is -4.71. The van der Waals surface area contributed by atoms with Crippen LogP contribution in [0.3, 0.4) is 0 Å². The minimum atomic E-state index is -1.44. The predicted octanol–water partition coefficient (Wildman–Crippen LogP) is 1.26. The van der Waals surface area contributed by atoms with Crippen LogP contribution >= 0.6 is 0 Å². The van der Waals surface area contributed by atoms with Crippen molar-refractivity contribution in [2.45, 2.75) is 63.9 Å². The minimum Gasteiger partial charge on any atom is -0.463 e. The normalized spacial score (nSPS) is 13.7. The van der Waals surface area contributed by atoms with E-state index in [1.54, 1.807) is 61.5 Å². The van der Waals surface area contributed by atoms with E-state index >= 15 is 0 Å². The first-order valence-electron chi connectivity index (χ1n) is 13.5. The van der Waals surface area contributed by atoms with E-state index in [0.29, 0.717) is 0 Å². The third kappa shape index (κ3) is 12.6. The van der Waals surface area contributed by atoms with Crippen molar-refractivity contribution in [3.63, 3.8) is 0 Å². The summed E-state index contributed by atoms with van der Waals surface area (Å²) in [5.41, 5.74) is 6.72. The average molecular weight is 583 g/mol. The molecule has 2 rings (SSSR count). The van der Waals surface area contributed by atoms with E-state index in [-0.39, 0.29) is 32.5 Å². The number of hydrogen-bond donors (Lipinski definition) is 5. The molecule has 42 heavy (non-hydrogen) atoms. The van der Waals surface area contributed by atoms with Crippen LogP contribution in [0.25, 0.3) is 0 Å². The average Bonchev–Trinajstić information content (AvgIpc) is 2.96. The molecule has 4 amide bonds. The number of ether oxygens (including phenoxy) is 2. The molecule has 6 N–H and O–H groups in total. The van der Waals surface area contributed by atoms with Gasteiger partial charge in [-0.05, 0) is 31.4 Å². The monoisotopic (exact) mass is 582 g/mol. The van der Waals surface area contributed by atoms with Crippen molar-refractivity contribution in [2.24, 2.45) is 5.73 Å². The number of esters is 1. The number of nitrogens with two attached hydrogens (primary N) is 1. The fourth-order valence-electron chi connectivity index (χ4n) is 3.80. The van der Waals surface area contributed by atoms with Gasteiger partial charge in [-0.15, -0.1) is 0 Å². The second-order valence-corrected chi connectivity index (χ2v) is 9.41. The standard InChI is InChI=1S/C30H38N4O8/c1-3-41-26(37)17-15-23(14-16-25(31)36)32-28(38)24(18-21-10-6-4-7-11-21)33-29(39)27(20(2)35)34-30(40)42-19-22-12-8-5-9-13-22/h4-13,15,17,20,23-24,27,35H,3,14,16,18-19H2,1-2H3,(H2,31,36)(H,32,38)(H,33,39)(H,34,40)/b17-15+/t20-,23-,24-,27-/m0/s1. The first kappa shape index (κ1) is 33.5. The molecule has 0 aliphatic carbocycles. The Bertz CT molecular complexity index is 1200. The lowest BCUT2D eigenvalue weighted by molar-refractivity contribution is -0.137. The summed E-state index contributed by atoms with van der Waals surface area (Å²) in [6.45, 7) is 3.07. The summed E-state index contributed by atoms with van der Waals surface area (Å²) in [6.07, 6.45) is 0.330. The van der Waals surface area contributed by atoms with Crippen LogP contribution in [0.4, 0.5) is 4.79 Å². The Labute approximate surface area is 244 Å². The molecule has 0 saturated heterocycles. The quantitative estimate of drug-likeness (QED) is 0.145. The molecule has 0 fully saturated rings. The Morgan fingerprint density at radius 2 is 1.50 bits per heavy atom. The van der Waals surface area contributed by atoms with E-state index in [9.17, 15) is 29.1 Å². The smallest absolute Gasteiger partial charge is 0.408 e. The van der Waals surface area contributed by atoms with E-state index < -0.39 is 54.0 Å². The van der Waals surface area contributed by atoms with Crippen molar-refractivity contribution in [2.75, 3.05) is 6.61 Å². The number of amides is 4. The zero-order valence-electron chi connectivity index (χ0n) is 23.7. The second-order valence-electron chi connectivity index (χ2n) is 9.41. The Balaban J connectivity index is 2.18. The van der Waals surface area contributed by atoms with Crippen molar-refractivity contribution in [3.05, 3.63) is 83.9 Å². The maximum absolute atomic E-state index is 13.4. The highest BCUT2D eigenvalue weighted by Crippen LogP contribution is 2.08. The van der Waals surface area contributed by atoms with E-state index in [2.05, 4.69) is 16.0 Å². The molecular weight excluding hydrogens is 544 g/mol. The van der Waals surface area contributed by atoms with Gasteiger partial charge in [0.15, 0.2) is 0 Å². The molecule has 2 aromatic carbocycles. The van der Waals surface area contributed by atoms with Crippen molar-refractivity contribution in [1.82, 2.24) is 16.0 Å². The molecule has 0 saturated carbocycles. The maximum Gasteiger partial charge on any atom is 0.408 e. The summed E-state index contributed by atoms with van der Waals surface area (Å²) < 4.78 is 10.0. The molecule has 0 aromatic heterocycles. The van der Waals surface area contributed by atoms with Gasteiger partial charge in [0.25, 0.3) is 0 Å². The Kier molecular flexibility index (Phi) is 14.3. The number of carbonyl (C=O) groups is 5. The molecule has 12 heteroatoms. The van der Waals surface area contributed by atoms with Gasteiger partial charge in [-0.3, -0.25) is 14.4 Å². The maximum atomic E-state index is 13.4. The van der Waals surface area contributed by atoms with Crippen LogP contribution in [0.2, 0.25) is 0 Å². The molecule has 12 nitrogen and oxygen atoms in total. The Morgan fingerprint density at radius 3 is 2.07 bits per heavy atom. The van der Waals surface area contributed by atoms with Crippen LogP contribution in [0, 0.1) is 0 Å². The number of primary amides is 1. The number of aliphatic hydroxyl groups is 1. The fraction of sp³-hybridized carbons (Fsp3) is 0.367. The summed E-state index contributed by atoms with van der Waals surface area (Å²) in [5.74, 6) is -2.69. The topological polar surface area (TPSA) is 186 Å². The SMILES string of the molecule is CCOC(=O)/C=C/[C@H](CCC(N)=O)NC(=O)[C@H](Cc1ccccc1)NC(=O)[C@@H](NC(=O)OCc1ccccc1)[C@H](C)O. The summed E-state index contributed by atoms with van der Waals surface area (Å²) in [6, 6.07) is 14.4. The van der Waals surface area contributed by atoms with Crippen molar-refractivity contribution >= 4 is 29.8 Å². The number of alkyl carbamates (subject to hydrolysis) is 1. The highest BCUT2D eigenvalue weighted by Gasteiger charge is 2.31. The molecule has 226 valence electrons. The third-order valence-corrected chi connectivity index (χ3v) is 5.95. The number of carbonyl (C=O) groups excluding carboxylic acids is 5. The zero-order valence-corrected chi connectivity index (χ0v) is 23.7. The van der Waals surface area contributed by atoms with Crippen molar-refractivity contribution < 1.29 is 38.6 Å². The molecule has 0 aliphatic heterocycles. The molecule has 4 atom stereocenters. The van der Waals surface area contributed by atoms with Gasteiger partial charge >= 0.3 is 12.1 Å². The van der Waals surface area contributed by atoms with E-state index in [0.717, 1.165) is 17.2 Å². The largest absolute Gasteiger partial charge is 0.463 e. The molecule has 0 heterocycles. The summed E-state index contributed by atoms with van der Waals surface area (Å²) in [4.78, 5) is 62.2. The van der Waals surface area contributed by atoms with Gasteiger partial charge in [0.05, 0.1) is 12.7 Å². The first-order valence-corrected chi connectivity index (χ1v) is 13.5. The number of rotatable bonds is 16. The highest BCUT2D eigenvalue weighted by atomic mass is 16.5. The molecule has 2 aromatic rings. The third-order valence-electron chi connectivity index (χ3n) is 5.95. The summed E-state index contributed by atoms with van der Waals surface area (Å²) in [5, 5.41) is 17.9. The van der Waals surface area contributed by atoms with Crippen LogP contribution in [0.5, 0.6) is 0 Å². The highest BCUT2D eigenvalue weighted by molar-refractivity contribution is 5.92. The van der Waals surface area contributed by atoms with Gasteiger partial charge in [0.1, 0.15) is 18.7 Å². The van der Waals surface area contributed by atoms with E-state index in [4.69, 9.17) is 15.2 Å². The van der Waals surface area contributed by atoms with Gasteiger partial charge in [-0.25, -0.2) is 9.59 Å². The fourth-order valence-corrected chi connectivity index (χ4v) is 3.80. The summed E-state index contributed by atoms with van der Waals surface area (Å²) >= 11 is 0. The van der Waals surface area contributed by atoms with E-state index in [1.807, 2.05) is 6.07 Å². The van der Waals surface area contributed by atoms with Gasteiger partial charge in [-0.2, -0.15) is 0 Å². The van der Waals surface area contributed by atoms with Crippen molar-refractivity contribution in [1.29, 1.82) is 0 Å². The number of benzene rings is 2. The lowest BCUT2D eigenvalue weighted by Gasteiger charge is -2.26. The number of aliphatic hydroxyl groups excluding tert-OH is 1. The molecule has 0 aliphatic rings. The summed E-state index contributed by atoms with van der Waals surface area (Å²) in [7, 11) is 0. The second kappa shape index (κ2) is 17.9. The predicted molar refractivity (Wildman–Crippen MR) is 153 cm³/mol. The number of hydrogen-bond acceptors (Lipinski definition) is 8. The van der Waals surface area contributed by atoms with Crippen molar-refractivity contribution in [3.8, 4) is 0 Å². The van der Waals surface area contributed by atoms with Crippen LogP contribution in [-0.4, -0.2) is 65.7 Å². The van der Waals surface area contributed by atoms with Gasteiger partial charge in [0, 0.05) is 25.0 Å². The van der Waals surface area contributed by atoms with Crippen LogP contribution in [0.15, 0.2) is 72.8 Å². The van der Waals surface area contributed by atoms with E-state index in [1.165, 1.54) is 13.0 Å².